The Bertz CT molecular complexity index is 339. The highest BCUT2D eigenvalue weighted by Gasteiger charge is 2.24. The summed E-state index contributed by atoms with van der Waals surface area (Å²) < 4.78 is 24.0. The molecule has 84 valence electrons. The third kappa shape index (κ3) is 2.39. The largest absolute Gasteiger partial charge is 0.493 e. The Morgan fingerprint density at radius 2 is 1.87 bits per heavy atom. The van der Waals surface area contributed by atoms with Crippen LogP contribution in [0.4, 0.5) is 4.39 Å². The molecule has 0 bridgehead atoms. The summed E-state index contributed by atoms with van der Waals surface area (Å²) in [6.45, 7) is 1.37. The third-order valence-corrected chi connectivity index (χ3v) is 2.37. The van der Waals surface area contributed by atoms with E-state index in [4.69, 9.17) is 15.2 Å². The predicted molar refractivity (Wildman–Crippen MR) is 57.1 cm³/mol. The number of rotatable bonds is 4. The van der Waals surface area contributed by atoms with Crippen molar-refractivity contribution in [3.8, 4) is 11.5 Å². The van der Waals surface area contributed by atoms with Crippen LogP contribution in [0.2, 0.25) is 0 Å². The lowest BCUT2D eigenvalue weighted by Gasteiger charge is -2.19. The van der Waals surface area contributed by atoms with Crippen LogP contribution in [-0.4, -0.2) is 20.8 Å². The van der Waals surface area contributed by atoms with Crippen molar-refractivity contribution in [1.29, 1.82) is 0 Å². The van der Waals surface area contributed by atoms with E-state index in [1.807, 2.05) is 0 Å². The van der Waals surface area contributed by atoms with E-state index in [-0.39, 0.29) is 6.54 Å². The first kappa shape index (κ1) is 11.8. The van der Waals surface area contributed by atoms with Crippen molar-refractivity contribution in [2.24, 2.45) is 5.73 Å². The molecule has 0 aromatic heterocycles. The number of halogens is 1. The van der Waals surface area contributed by atoms with Gasteiger partial charge in [-0.1, -0.05) is 6.07 Å². The van der Waals surface area contributed by atoms with Crippen LogP contribution in [0.1, 0.15) is 12.5 Å². The van der Waals surface area contributed by atoms with Crippen LogP contribution < -0.4 is 15.2 Å². The number of ether oxygens (including phenoxy) is 2. The maximum atomic E-state index is 13.9. The highest BCUT2D eigenvalue weighted by atomic mass is 19.1. The monoisotopic (exact) mass is 213 g/mol. The minimum Gasteiger partial charge on any atom is -0.493 e. The van der Waals surface area contributed by atoms with Crippen LogP contribution in [0.5, 0.6) is 11.5 Å². The molecule has 1 aromatic carbocycles. The maximum Gasteiger partial charge on any atom is 0.161 e. The minimum absolute atomic E-state index is 0.0670. The van der Waals surface area contributed by atoms with Crippen molar-refractivity contribution in [2.75, 3.05) is 20.8 Å². The van der Waals surface area contributed by atoms with Crippen LogP contribution in [0.3, 0.4) is 0 Å². The zero-order valence-electron chi connectivity index (χ0n) is 9.21. The molecule has 0 spiro atoms. The lowest BCUT2D eigenvalue weighted by molar-refractivity contribution is 0.202. The lowest BCUT2D eigenvalue weighted by Crippen LogP contribution is -2.26. The van der Waals surface area contributed by atoms with Crippen molar-refractivity contribution in [2.45, 2.75) is 12.6 Å². The summed E-state index contributed by atoms with van der Waals surface area (Å²) in [6.07, 6.45) is 0. The Morgan fingerprint density at radius 1 is 1.27 bits per heavy atom. The molecule has 0 amide bonds. The van der Waals surface area contributed by atoms with Crippen LogP contribution in [-0.2, 0) is 5.67 Å². The van der Waals surface area contributed by atoms with E-state index in [0.717, 1.165) is 0 Å². The van der Waals surface area contributed by atoms with Gasteiger partial charge in [-0.15, -0.1) is 0 Å². The van der Waals surface area contributed by atoms with Crippen molar-refractivity contribution >= 4 is 0 Å². The average Bonchev–Trinajstić information content (AvgIpc) is 2.28. The van der Waals surface area contributed by atoms with E-state index in [9.17, 15) is 4.39 Å². The molecule has 0 saturated heterocycles. The number of hydrogen-bond acceptors (Lipinski definition) is 3. The van der Waals surface area contributed by atoms with Gasteiger partial charge in [0.15, 0.2) is 11.5 Å². The zero-order chi connectivity index (χ0) is 11.5. The second kappa shape index (κ2) is 4.49. The van der Waals surface area contributed by atoms with Crippen molar-refractivity contribution in [1.82, 2.24) is 0 Å². The molecule has 0 fully saturated rings. The summed E-state index contributed by atoms with van der Waals surface area (Å²) in [7, 11) is 3.05. The Morgan fingerprint density at radius 3 is 2.33 bits per heavy atom. The molecule has 1 aromatic rings. The highest BCUT2D eigenvalue weighted by molar-refractivity contribution is 5.44. The van der Waals surface area contributed by atoms with Gasteiger partial charge in [-0.3, -0.25) is 0 Å². The lowest BCUT2D eigenvalue weighted by atomic mass is 9.98. The molecule has 0 saturated carbocycles. The van der Waals surface area contributed by atoms with Crippen molar-refractivity contribution < 1.29 is 13.9 Å². The quantitative estimate of drug-likeness (QED) is 0.830. The first-order valence-corrected chi connectivity index (χ1v) is 4.66. The second-order valence-electron chi connectivity index (χ2n) is 3.47. The molecule has 3 nitrogen and oxygen atoms in total. The number of nitrogens with two attached hydrogens (primary N) is 1. The van der Waals surface area contributed by atoms with Gasteiger partial charge in [0.05, 0.1) is 14.2 Å². The van der Waals surface area contributed by atoms with Gasteiger partial charge in [0.2, 0.25) is 0 Å². The molecule has 4 heteroatoms. The SMILES string of the molecule is COc1ccc([C@@](C)(F)CN)cc1OC. The van der Waals surface area contributed by atoms with Gasteiger partial charge in [-0.25, -0.2) is 4.39 Å². The molecule has 0 aliphatic heterocycles. The van der Waals surface area contributed by atoms with E-state index in [1.165, 1.54) is 21.1 Å². The van der Waals surface area contributed by atoms with E-state index in [0.29, 0.717) is 17.1 Å². The summed E-state index contributed by atoms with van der Waals surface area (Å²) >= 11 is 0. The van der Waals surface area contributed by atoms with Crippen LogP contribution >= 0.6 is 0 Å². The molecular formula is C11H16FNO2. The fraction of sp³-hybridized carbons (Fsp3) is 0.455. The van der Waals surface area contributed by atoms with Crippen molar-refractivity contribution in [3.63, 3.8) is 0 Å². The number of methoxy groups -OCH3 is 2. The van der Waals surface area contributed by atoms with Gasteiger partial charge in [0.1, 0.15) is 5.67 Å². The fourth-order valence-corrected chi connectivity index (χ4v) is 1.28. The van der Waals surface area contributed by atoms with Crippen LogP contribution in [0.15, 0.2) is 18.2 Å². The van der Waals surface area contributed by atoms with E-state index in [2.05, 4.69) is 0 Å². The maximum absolute atomic E-state index is 13.9. The van der Waals surface area contributed by atoms with Gasteiger partial charge in [-0.2, -0.15) is 0 Å². The first-order chi connectivity index (χ1) is 7.05. The molecule has 1 atom stereocenters. The Labute approximate surface area is 89.0 Å². The summed E-state index contributed by atoms with van der Waals surface area (Å²) in [5.74, 6) is 1.08. The summed E-state index contributed by atoms with van der Waals surface area (Å²) in [6, 6.07) is 4.92. The third-order valence-electron chi connectivity index (χ3n) is 2.37. The summed E-state index contributed by atoms with van der Waals surface area (Å²) in [5, 5.41) is 0. The average molecular weight is 213 g/mol. The standard InChI is InChI=1S/C11H16FNO2/c1-11(12,7-13)8-4-5-9(14-2)10(6-8)15-3/h4-6H,7,13H2,1-3H3/t11-/m0/s1. The van der Waals surface area contributed by atoms with Gasteiger partial charge in [-0.05, 0) is 24.6 Å². The van der Waals surface area contributed by atoms with E-state index in [1.54, 1.807) is 18.2 Å². The van der Waals surface area contributed by atoms with Crippen LogP contribution in [0.25, 0.3) is 0 Å². The summed E-state index contributed by atoms with van der Waals surface area (Å²) in [5.41, 5.74) is 4.30. The van der Waals surface area contributed by atoms with E-state index < -0.39 is 5.67 Å². The molecular weight excluding hydrogens is 197 g/mol. The smallest absolute Gasteiger partial charge is 0.161 e. The van der Waals surface area contributed by atoms with Crippen molar-refractivity contribution in [3.05, 3.63) is 23.8 Å². The van der Waals surface area contributed by atoms with Gasteiger partial charge >= 0.3 is 0 Å². The molecule has 0 aliphatic rings. The summed E-state index contributed by atoms with van der Waals surface area (Å²) in [4.78, 5) is 0. The normalized spacial score (nSPS) is 14.5. The number of hydrogen-bond donors (Lipinski definition) is 1. The van der Waals surface area contributed by atoms with Gasteiger partial charge in [0.25, 0.3) is 0 Å². The minimum atomic E-state index is -1.54. The van der Waals surface area contributed by atoms with E-state index >= 15 is 0 Å². The molecule has 0 heterocycles. The highest BCUT2D eigenvalue weighted by Crippen LogP contribution is 2.33. The van der Waals surface area contributed by atoms with Gasteiger partial charge in [0, 0.05) is 6.54 Å². The predicted octanol–water partition coefficient (Wildman–Crippen LogP) is 1.85. The molecule has 2 N–H and O–H groups in total. The molecule has 0 unspecified atom stereocenters. The second-order valence-corrected chi connectivity index (χ2v) is 3.47. The Kier molecular flexibility index (Phi) is 3.52. The molecule has 0 aliphatic carbocycles. The molecule has 1 rings (SSSR count). The number of benzene rings is 1. The molecule has 15 heavy (non-hydrogen) atoms. The van der Waals surface area contributed by atoms with Gasteiger partial charge < -0.3 is 15.2 Å². The first-order valence-electron chi connectivity index (χ1n) is 4.66. The Hall–Kier alpha value is -1.29. The Balaban J connectivity index is 3.13. The fourth-order valence-electron chi connectivity index (χ4n) is 1.28. The van der Waals surface area contributed by atoms with Crippen LogP contribution in [0, 0.1) is 0 Å². The zero-order valence-corrected chi connectivity index (χ0v) is 9.21. The molecule has 0 radical (unpaired) electrons. The topological polar surface area (TPSA) is 44.5 Å². The number of alkyl halides is 1.